The van der Waals surface area contributed by atoms with Crippen LogP contribution in [0.15, 0.2) is 24.3 Å². The fourth-order valence-corrected chi connectivity index (χ4v) is 3.48. The summed E-state index contributed by atoms with van der Waals surface area (Å²) in [5.74, 6) is 0.0518. The summed E-state index contributed by atoms with van der Waals surface area (Å²) in [4.78, 5) is 13.9. The van der Waals surface area contributed by atoms with Crippen molar-refractivity contribution in [1.29, 1.82) is 0 Å². The monoisotopic (exact) mass is 324 g/mol. The molecule has 1 aliphatic rings. The van der Waals surface area contributed by atoms with Gasteiger partial charge in [-0.1, -0.05) is 24.3 Å². The van der Waals surface area contributed by atoms with E-state index in [1.165, 1.54) is 10.6 Å². The van der Waals surface area contributed by atoms with Crippen LogP contribution in [0, 0.1) is 6.92 Å². The third-order valence-corrected chi connectivity index (χ3v) is 5.36. The highest BCUT2D eigenvalue weighted by Gasteiger charge is 2.22. The number of hydrogen-bond donors (Lipinski definition) is 0. The summed E-state index contributed by atoms with van der Waals surface area (Å²) >= 11 is 0. The van der Waals surface area contributed by atoms with Crippen LogP contribution in [-0.2, 0) is 21.4 Å². The molecule has 2 rings (SSSR count). The third kappa shape index (κ3) is 4.55. The summed E-state index contributed by atoms with van der Waals surface area (Å²) < 4.78 is 25.4. The minimum atomic E-state index is -3.34. The summed E-state index contributed by atoms with van der Waals surface area (Å²) in [7, 11) is -3.34. The van der Waals surface area contributed by atoms with Crippen LogP contribution in [-0.4, -0.2) is 49.4 Å². The van der Waals surface area contributed by atoms with E-state index in [0.717, 1.165) is 37.1 Å². The predicted molar refractivity (Wildman–Crippen MR) is 86.9 cm³/mol. The Morgan fingerprint density at radius 3 is 2.45 bits per heavy atom. The first-order chi connectivity index (χ1) is 10.4. The Balaban J connectivity index is 2.01. The molecule has 1 aliphatic heterocycles. The molecule has 0 radical (unpaired) electrons. The van der Waals surface area contributed by atoms with Crippen molar-refractivity contribution in [2.24, 2.45) is 0 Å². The minimum Gasteiger partial charge on any atom is -0.343 e. The van der Waals surface area contributed by atoms with Crippen molar-refractivity contribution in [1.82, 2.24) is 9.21 Å². The molecular formula is C16H24N2O3S. The average Bonchev–Trinajstić information content (AvgIpc) is 2.98. The Morgan fingerprint density at radius 2 is 1.86 bits per heavy atom. The Morgan fingerprint density at radius 1 is 1.23 bits per heavy atom. The highest BCUT2D eigenvalue weighted by molar-refractivity contribution is 7.88. The first-order valence-corrected chi connectivity index (χ1v) is 9.50. The molecule has 6 heteroatoms. The lowest BCUT2D eigenvalue weighted by atomic mass is 10.1. The second kappa shape index (κ2) is 7.24. The van der Waals surface area contributed by atoms with Gasteiger partial charge in [-0.3, -0.25) is 4.79 Å². The number of sulfonamides is 1. The topological polar surface area (TPSA) is 57.7 Å². The van der Waals surface area contributed by atoms with Crippen molar-refractivity contribution in [3.63, 3.8) is 0 Å². The molecular weight excluding hydrogens is 300 g/mol. The SMILES string of the molecule is Cc1ccccc1CN(CCC(=O)N1CCCC1)S(C)(=O)=O. The molecule has 0 saturated carbocycles. The van der Waals surface area contributed by atoms with Crippen LogP contribution in [0.1, 0.15) is 30.4 Å². The predicted octanol–water partition coefficient (Wildman–Crippen LogP) is 1.77. The number of aryl methyl sites for hydroxylation is 1. The molecule has 1 aromatic carbocycles. The molecule has 1 amide bonds. The molecule has 0 aliphatic carbocycles. The summed E-state index contributed by atoms with van der Waals surface area (Å²) in [6.45, 7) is 4.12. The number of benzene rings is 1. The highest BCUT2D eigenvalue weighted by atomic mass is 32.2. The molecule has 0 bridgehead atoms. The van der Waals surface area contributed by atoms with Gasteiger partial charge in [0.15, 0.2) is 0 Å². The minimum absolute atomic E-state index is 0.0518. The van der Waals surface area contributed by atoms with Gasteiger partial charge in [-0.05, 0) is 30.9 Å². The van der Waals surface area contributed by atoms with Gasteiger partial charge in [-0.25, -0.2) is 8.42 Å². The van der Waals surface area contributed by atoms with Crippen molar-refractivity contribution >= 4 is 15.9 Å². The highest BCUT2D eigenvalue weighted by Crippen LogP contribution is 2.15. The van der Waals surface area contributed by atoms with E-state index in [4.69, 9.17) is 0 Å². The maximum Gasteiger partial charge on any atom is 0.223 e. The summed E-state index contributed by atoms with van der Waals surface area (Å²) in [5.41, 5.74) is 2.03. The number of carbonyl (C=O) groups excluding carboxylic acids is 1. The van der Waals surface area contributed by atoms with Gasteiger partial charge in [0.1, 0.15) is 0 Å². The number of rotatable bonds is 6. The molecule has 122 valence electrons. The molecule has 22 heavy (non-hydrogen) atoms. The van der Waals surface area contributed by atoms with E-state index in [1.54, 1.807) is 0 Å². The van der Waals surface area contributed by atoms with Gasteiger partial charge in [-0.2, -0.15) is 4.31 Å². The molecule has 0 unspecified atom stereocenters. The van der Waals surface area contributed by atoms with Crippen molar-refractivity contribution in [2.45, 2.75) is 32.7 Å². The van der Waals surface area contributed by atoms with Crippen LogP contribution >= 0.6 is 0 Å². The van der Waals surface area contributed by atoms with Gasteiger partial charge in [0.2, 0.25) is 15.9 Å². The maximum absolute atomic E-state index is 12.1. The van der Waals surface area contributed by atoms with Gasteiger partial charge < -0.3 is 4.90 Å². The van der Waals surface area contributed by atoms with Crippen molar-refractivity contribution < 1.29 is 13.2 Å². The Bertz CT molecular complexity index is 622. The normalized spacial score (nSPS) is 15.5. The number of hydrogen-bond acceptors (Lipinski definition) is 3. The third-order valence-electron chi connectivity index (χ3n) is 4.11. The molecule has 0 spiro atoms. The molecule has 5 nitrogen and oxygen atoms in total. The van der Waals surface area contributed by atoms with Crippen molar-refractivity contribution in [2.75, 3.05) is 25.9 Å². The number of likely N-dealkylation sites (tertiary alicyclic amines) is 1. The zero-order chi connectivity index (χ0) is 16.2. The van der Waals surface area contributed by atoms with Crippen LogP contribution < -0.4 is 0 Å². The van der Waals surface area contributed by atoms with Crippen LogP contribution in [0.3, 0.4) is 0 Å². The van der Waals surface area contributed by atoms with Crippen LogP contribution in [0.5, 0.6) is 0 Å². The van der Waals surface area contributed by atoms with Crippen LogP contribution in [0.2, 0.25) is 0 Å². The first kappa shape index (κ1) is 17.0. The lowest BCUT2D eigenvalue weighted by Crippen LogP contribution is -2.35. The second-order valence-corrected chi connectivity index (χ2v) is 7.84. The zero-order valence-electron chi connectivity index (χ0n) is 13.3. The Kier molecular flexibility index (Phi) is 5.58. The van der Waals surface area contributed by atoms with Crippen LogP contribution in [0.4, 0.5) is 0 Å². The Hall–Kier alpha value is -1.40. The quantitative estimate of drug-likeness (QED) is 0.801. The first-order valence-electron chi connectivity index (χ1n) is 7.65. The summed E-state index contributed by atoms with van der Waals surface area (Å²) in [5, 5.41) is 0. The smallest absolute Gasteiger partial charge is 0.223 e. The molecule has 1 heterocycles. The molecule has 1 saturated heterocycles. The Labute approximate surface area is 133 Å². The van der Waals surface area contributed by atoms with Crippen molar-refractivity contribution in [3.8, 4) is 0 Å². The van der Waals surface area contributed by atoms with Gasteiger partial charge >= 0.3 is 0 Å². The standard InChI is InChI=1S/C16H24N2O3S/c1-14-7-3-4-8-15(14)13-18(22(2,20)21)12-9-16(19)17-10-5-6-11-17/h3-4,7-8H,5-6,9-13H2,1-2H3. The van der Waals surface area contributed by atoms with E-state index in [2.05, 4.69) is 0 Å². The molecule has 1 aromatic rings. The molecule has 0 atom stereocenters. The molecule has 0 N–H and O–H groups in total. The molecule has 1 fully saturated rings. The summed E-state index contributed by atoms with van der Waals surface area (Å²) in [6.07, 6.45) is 3.54. The van der Waals surface area contributed by atoms with E-state index < -0.39 is 10.0 Å². The van der Waals surface area contributed by atoms with Gasteiger partial charge in [-0.15, -0.1) is 0 Å². The van der Waals surface area contributed by atoms with Gasteiger partial charge in [0.05, 0.1) is 6.26 Å². The molecule has 0 aromatic heterocycles. The average molecular weight is 324 g/mol. The number of nitrogens with zero attached hydrogens (tertiary/aromatic N) is 2. The lowest BCUT2D eigenvalue weighted by Gasteiger charge is -2.22. The maximum atomic E-state index is 12.1. The fraction of sp³-hybridized carbons (Fsp3) is 0.562. The second-order valence-electron chi connectivity index (χ2n) is 5.86. The van der Waals surface area contributed by atoms with E-state index in [9.17, 15) is 13.2 Å². The van der Waals surface area contributed by atoms with Crippen molar-refractivity contribution in [3.05, 3.63) is 35.4 Å². The number of carbonyl (C=O) groups is 1. The van der Waals surface area contributed by atoms with Crippen LogP contribution in [0.25, 0.3) is 0 Å². The van der Waals surface area contributed by atoms with E-state index in [-0.39, 0.29) is 18.9 Å². The lowest BCUT2D eigenvalue weighted by molar-refractivity contribution is -0.130. The largest absolute Gasteiger partial charge is 0.343 e. The van der Waals surface area contributed by atoms with E-state index >= 15 is 0 Å². The summed E-state index contributed by atoms with van der Waals surface area (Å²) in [6, 6.07) is 7.72. The number of amides is 1. The van der Waals surface area contributed by atoms with Gasteiger partial charge in [0, 0.05) is 32.6 Å². The van der Waals surface area contributed by atoms with E-state index in [0.29, 0.717) is 6.54 Å². The fourth-order valence-electron chi connectivity index (χ4n) is 2.68. The zero-order valence-corrected chi connectivity index (χ0v) is 14.1. The van der Waals surface area contributed by atoms with E-state index in [1.807, 2.05) is 36.1 Å². The van der Waals surface area contributed by atoms with Gasteiger partial charge in [0.25, 0.3) is 0 Å².